The van der Waals surface area contributed by atoms with E-state index in [1.54, 1.807) is 0 Å². The highest BCUT2D eigenvalue weighted by Crippen LogP contribution is 2.33. The summed E-state index contributed by atoms with van der Waals surface area (Å²) in [5.74, 6) is 0. The number of carbonyl (C=O) groups excluding carboxylic acids is 1. The fraction of sp³-hybridized carbons (Fsp3) is 0.100. The van der Waals surface area contributed by atoms with Gasteiger partial charge in [0.15, 0.2) is 6.29 Å². The van der Waals surface area contributed by atoms with Crippen LogP contribution in [0.1, 0.15) is 15.9 Å². The lowest BCUT2D eigenvalue weighted by molar-refractivity contribution is -0.0686. The molecule has 0 aromatic heterocycles. The van der Waals surface area contributed by atoms with Crippen LogP contribution in [0.3, 0.4) is 0 Å². The Labute approximate surface area is 89.2 Å². The summed E-state index contributed by atoms with van der Waals surface area (Å²) in [4.78, 5) is 10.4. The summed E-state index contributed by atoms with van der Waals surface area (Å²) >= 11 is 5.58. The molecule has 0 unspecified atom stereocenters. The second-order valence-electron chi connectivity index (χ2n) is 2.83. The lowest BCUT2D eigenvalue weighted by Crippen LogP contribution is -2.09. The van der Waals surface area contributed by atoms with Crippen LogP contribution in [0.25, 0.3) is 5.57 Å². The zero-order chi connectivity index (χ0) is 11.6. The SMILES string of the molecule is C=C(c1ccc(C=O)c(Cl)c1)C(F)(F)F. The van der Waals surface area contributed by atoms with Gasteiger partial charge in [0.2, 0.25) is 0 Å². The predicted molar refractivity (Wildman–Crippen MR) is 51.9 cm³/mol. The second kappa shape index (κ2) is 4.06. The van der Waals surface area contributed by atoms with Gasteiger partial charge in [-0.05, 0) is 17.7 Å². The van der Waals surface area contributed by atoms with Crippen LogP contribution in [0.4, 0.5) is 13.2 Å². The molecular formula is C10H6ClF3O. The molecule has 15 heavy (non-hydrogen) atoms. The Hall–Kier alpha value is -1.29. The largest absolute Gasteiger partial charge is 0.416 e. The number of carbonyl (C=O) groups is 1. The van der Waals surface area contributed by atoms with E-state index < -0.39 is 11.7 Å². The first kappa shape index (κ1) is 11.8. The first-order valence-electron chi connectivity index (χ1n) is 3.87. The van der Waals surface area contributed by atoms with Crippen molar-refractivity contribution in [2.45, 2.75) is 6.18 Å². The van der Waals surface area contributed by atoms with Gasteiger partial charge in [-0.25, -0.2) is 0 Å². The van der Waals surface area contributed by atoms with E-state index in [0.29, 0.717) is 6.29 Å². The molecule has 5 heteroatoms. The normalized spacial score (nSPS) is 11.2. The molecule has 0 heterocycles. The zero-order valence-corrected chi connectivity index (χ0v) is 8.19. The van der Waals surface area contributed by atoms with Crippen LogP contribution in [0.5, 0.6) is 0 Å². The molecule has 0 aliphatic carbocycles. The molecule has 0 bridgehead atoms. The van der Waals surface area contributed by atoms with Crippen molar-refractivity contribution in [1.29, 1.82) is 0 Å². The highest BCUT2D eigenvalue weighted by molar-refractivity contribution is 6.33. The minimum absolute atomic E-state index is 0.0205. The smallest absolute Gasteiger partial charge is 0.298 e. The van der Waals surface area contributed by atoms with E-state index in [1.807, 2.05) is 0 Å². The third-order valence-electron chi connectivity index (χ3n) is 1.82. The average molecular weight is 235 g/mol. The minimum Gasteiger partial charge on any atom is -0.298 e. The van der Waals surface area contributed by atoms with Gasteiger partial charge in [0, 0.05) is 5.56 Å². The van der Waals surface area contributed by atoms with E-state index in [1.165, 1.54) is 6.07 Å². The predicted octanol–water partition coefficient (Wildman–Crippen LogP) is 3.73. The number of alkyl halides is 3. The number of rotatable bonds is 2. The fourth-order valence-corrected chi connectivity index (χ4v) is 1.20. The van der Waals surface area contributed by atoms with Crippen molar-refractivity contribution >= 4 is 23.5 Å². The Morgan fingerprint density at radius 1 is 1.40 bits per heavy atom. The van der Waals surface area contributed by atoms with E-state index in [9.17, 15) is 18.0 Å². The maximum Gasteiger partial charge on any atom is 0.416 e. The average Bonchev–Trinajstić information content (AvgIpc) is 2.15. The maximum absolute atomic E-state index is 12.2. The van der Waals surface area contributed by atoms with E-state index in [0.717, 1.165) is 12.1 Å². The van der Waals surface area contributed by atoms with Crippen LogP contribution < -0.4 is 0 Å². The standard InChI is InChI=1S/C10H6ClF3O/c1-6(10(12,13)14)7-2-3-8(5-15)9(11)4-7/h2-5H,1H2. The topological polar surface area (TPSA) is 17.1 Å². The van der Waals surface area contributed by atoms with Gasteiger partial charge < -0.3 is 0 Å². The molecule has 1 nitrogen and oxygen atoms in total. The van der Waals surface area contributed by atoms with Crippen molar-refractivity contribution in [3.63, 3.8) is 0 Å². The Morgan fingerprint density at radius 3 is 2.40 bits per heavy atom. The van der Waals surface area contributed by atoms with Crippen molar-refractivity contribution in [3.05, 3.63) is 40.9 Å². The lowest BCUT2D eigenvalue weighted by Gasteiger charge is -2.10. The van der Waals surface area contributed by atoms with Crippen LogP contribution in [0, 0.1) is 0 Å². The van der Waals surface area contributed by atoms with Gasteiger partial charge in [-0.15, -0.1) is 0 Å². The molecule has 1 aromatic carbocycles. The number of allylic oxidation sites excluding steroid dienone is 1. The summed E-state index contributed by atoms with van der Waals surface area (Å²) in [6, 6.07) is 3.45. The third kappa shape index (κ3) is 2.59. The molecule has 1 aromatic rings. The Bertz CT molecular complexity index is 410. The molecule has 0 atom stereocenters. The van der Waals surface area contributed by atoms with E-state index in [-0.39, 0.29) is 16.1 Å². The van der Waals surface area contributed by atoms with Crippen molar-refractivity contribution < 1.29 is 18.0 Å². The number of halogens is 4. The second-order valence-corrected chi connectivity index (χ2v) is 3.24. The van der Waals surface area contributed by atoms with Crippen molar-refractivity contribution in [2.24, 2.45) is 0 Å². The molecular weight excluding hydrogens is 229 g/mol. The van der Waals surface area contributed by atoms with Crippen LogP contribution >= 0.6 is 11.6 Å². The minimum atomic E-state index is -4.49. The Morgan fingerprint density at radius 2 is 2.00 bits per heavy atom. The molecule has 0 fully saturated rings. The number of hydrogen-bond acceptors (Lipinski definition) is 1. The number of aldehydes is 1. The van der Waals surface area contributed by atoms with Crippen LogP contribution in [0.15, 0.2) is 24.8 Å². The monoisotopic (exact) mass is 234 g/mol. The Balaban J connectivity index is 3.14. The quantitative estimate of drug-likeness (QED) is 0.713. The summed E-state index contributed by atoms with van der Waals surface area (Å²) in [5, 5.41) is -0.0205. The highest BCUT2D eigenvalue weighted by Gasteiger charge is 2.32. The third-order valence-corrected chi connectivity index (χ3v) is 2.15. The number of hydrogen-bond donors (Lipinski definition) is 0. The molecule has 1 rings (SSSR count). The van der Waals surface area contributed by atoms with E-state index in [4.69, 9.17) is 11.6 Å². The highest BCUT2D eigenvalue weighted by atomic mass is 35.5. The molecule has 0 aliphatic rings. The molecule has 0 radical (unpaired) electrons. The van der Waals surface area contributed by atoms with Crippen molar-refractivity contribution in [2.75, 3.05) is 0 Å². The van der Waals surface area contributed by atoms with Crippen LogP contribution in [-0.4, -0.2) is 12.5 Å². The zero-order valence-electron chi connectivity index (χ0n) is 7.44. The maximum atomic E-state index is 12.2. The van der Waals surface area contributed by atoms with Gasteiger partial charge in [0.05, 0.1) is 10.6 Å². The van der Waals surface area contributed by atoms with E-state index in [2.05, 4.69) is 6.58 Å². The molecule has 80 valence electrons. The fourth-order valence-electron chi connectivity index (χ4n) is 0.974. The van der Waals surface area contributed by atoms with Crippen LogP contribution in [0.2, 0.25) is 5.02 Å². The summed E-state index contributed by atoms with van der Waals surface area (Å²) in [5.41, 5.74) is -0.977. The van der Waals surface area contributed by atoms with Gasteiger partial charge >= 0.3 is 6.18 Å². The molecule has 0 N–H and O–H groups in total. The summed E-state index contributed by atoms with van der Waals surface area (Å²) in [6.07, 6.45) is -4.02. The van der Waals surface area contributed by atoms with Gasteiger partial charge in [0.1, 0.15) is 0 Å². The number of benzene rings is 1. The first-order chi connectivity index (χ1) is 6.86. The van der Waals surface area contributed by atoms with Gasteiger partial charge in [0.25, 0.3) is 0 Å². The molecule has 0 saturated carbocycles. The van der Waals surface area contributed by atoms with Gasteiger partial charge in [-0.2, -0.15) is 13.2 Å². The molecule has 0 aliphatic heterocycles. The summed E-state index contributed by atoms with van der Waals surface area (Å²) in [7, 11) is 0. The van der Waals surface area contributed by atoms with E-state index >= 15 is 0 Å². The summed E-state index contributed by atoms with van der Waals surface area (Å²) in [6.45, 7) is 2.92. The van der Waals surface area contributed by atoms with Crippen molar-refractivity contribution in [1.82, 2.24) is 0 Å². The molecule has 0 amide bonds. The first-order valence-corrected chi connectivity index (χ1v) is 4.25. The molecule has 0 spiro atoms. The van der Waals surface area contributed by atoms with Crippen LogP contribution in [-0.2, 0) is 0 Å². The van der Waals surface area contributed by atoms with Gasteiger partial charge in [-0.3, -0.25) is 4.79 Å². The van der Waals surface area contributed by atoms with Crippen molar-refractivity contribution in [3.8, 4) is 0 Å². The molecule has 0 saturated heterocycles. The lowest BCUT2D eigenvalue weighted by atomic mass is 10.1. The Kier molecular flexibility index (Phi) is 3.19. The van der Waals surface area contributed by atoms with Gasteiger partial charge in [-0.1, -0.05) is 24.2 Å². The summed E-state index contributed by atoms with van der Waals surface area (Å²) < 4.78 is 36.7.